The normalized spacial score (nSPS) is 25.6. The second kappa shape index (κ2) is 5.65. The lowest BCUT2D eigenvalue weighted by Gasteiger charge is -2.26. The quantitative estimate of drug-likeness (QED) is 0.852. The Bertz CT molecular complexity index is 350. The molecule has 1 aliphatic rings. The van der Waals surface area contributed by atoms with Gasteiger partial charge in [-0.05, 0) is 33.2 Å². The van der Waals surface area contributed by atoms with Crippen LogP contribution in [-0.4, -0.2) is 29.2 Å². The van der Waals surface area contributed by atoms with Gasteiger partial charge >= 0.3 is 0 Å². The number of rotatable bonds is 5. The van der Waals surface area contributed by atoms with Gasteiger partial charge in [0.15, 0.2) is 5.76 Å². The molecule has 1 aliphatic heterocycles. The van der Waals surface area contributed by atoms with E-state index in [0.717, 1.165) is 24.5 Å². The summed E-state index contributed by atoms with van der Waals surface area (Å²) in [6.07, 6.45) is 3.84. The first-order valence-corrected chi connectivity index (χ1v) is 6.59. The van der Waals surface area contributed by atoms with Crippen molar-refractivity contribution in [3.63, 3.8) is 0 Å². The van der Waals surface area contributed by atoms with E-state index < -0.39 is 0 Å². The minimum atomic E-state index is 0.665. The van der Waals surface area contributed by atoms with E-state index in [0.29, 0.717) is 12.1 Å². The molecule has 0 bridgehead atoms. The monoisotopic (exact) mass is 237 g/mol. The number of aromatic nitrogens is 1. The second-order valence-corrected chi connectivity index (χ2v) is 4.98. The van der Waals surface area contributed by atoms with E-state index in [1.807, 2.05) is 7.05 Å². The molecule has 2 unspecified atom stereocenters. The fraction of sp³-hybridized carbons (Fsp3) is 0.769. The maximum Gasteiger partial charge on any atom is 0.151 e. The number of nitrogens with one attached hydrogen (secondary N) is 1. The third kappa shape index (κ3) is 2.87. The number of hydrogen-bond acceptors (Lipinski definition) is 4. The molecular formula is C13H23N3O. The van der Waals surface area contributed by atoms with Crippen molar-refractivity contribution in [3.8, 4) is 0 Å². The Labute approximate surface area is 103 Å². The van der Waals surface area contributed by atoms with Crippen LogP contribution in [0.15, 0.2) is 10.6 Å². The van der Waals surface area contributed by atoms with Crippen molar-refractivity contribution < 1.29 is 4.52 Å². The molecule has 1 N–H and O–H groups in total. The number of hydrogen-bond donors (Lipinski definition) is 1. The van der Waals surface area contributed by atoms with Crippen LogP contribution in [0.3, 0.4) is 0 Å². The highest BCUT2D eigenvalue weighted by molar-refractivity contribution is 5.06. The summed E-state index contributed by atoms with van der Waals surface area (Å²) in [5.41, 5.74) is 0.988. The molecular weight excluding hydrogens is 214 g/mol. The molecule has 2 rings (SSSR count). The Morgan fingerprint density at radius 2 is 2.35 bits per heavy atom. The average molecular weight is 237 g/mol. The molecule has 1 saturated heterocycles. The SMILES string of the molecule is CCC1CCC(C)N1Cc1cc(CNC)no1. The predicted octanol–water partition coefficient (Wildman–Crippen LogP) is 2.16. The molecule has 0 spiro atoms. The Kier molecular flexibility index (Phi) is 4.18. The van der Waals surface area contributed by atoms with Crippen LogP contribution in [-0.2, 0) is 13.1 Å². The Morgan fingerprint density at radius 3 is 3.06 bits per heavy atom. The summed E-state index contributed by atoms with van der Waals surface area (Å²) in [4.78, 5) is 2.55. The maximum atomic E-state index is 5.39. The van der Waals surface area contributed by atoms with Gasteiger partial charge in [0.2, 0.25) is 0 Å². The minimum absolute atomic E-state index is 0.665. The van der Waals surface area contributed by atoms with E-state index in [1.165, 1.54) is 19.3 Å². The largest absolute Gasteiger partial charge is 0.360 e. The zero-order chi connectivity index (χ0) is 12.3. The van der Waals surface area contributed by atoms with Gasteiger partial charge in [-0.15, -0.1) is 0 Å². The first-order valence-electron chi connectivity index (χ1n) is 6.59. The third-order valence-corrected chi connectivity index (χ3v) is 3.73. The number of nitrogens with zero attached hydrogens (tertiary/aromatic N) is 2. The van der Waals surface area contributed by atoms with Gasteiger partial charge in [0.1, 0.15) is 0 Å². The summed E-state index contributed by atoms with van der Waals surface area (Å²) in [7, 11) is 1.92. The average Bonchev–Trinajstić information content (AvgIpc) is 2.89. The van der Waals surface area contributed by atoms with E-state index in [9.17, 15) is 0 Å². The Hall–Kier alpha value is -0.870. The fourth-order valence-electron chi connectivity index (χ4n) is 2.72. The van der Waals surface area contributed by atoms with E-state index in [4.69, 9.17) is 4.52 Å². The molecule has 4 nitrogen and oxygen atoms in total. The van der Waals surface area contributed by atoms with Crippen molar-refractivity contribution in [2.24, 2.45) is 0 Å². The molecule has 2 atom stereocenters. The zero-order valence-electron chi connectivity index (χ0n) is 11.1. The summed E-state index contributed by atoms with van der Waals surface area (Å²) in [6.45, 7) is 6.25. The van der Waals surface area contributed by atoms with Crippen molar-refractivity contribution in [1.82, 2.24) is 15.4 Å². The summed E-state index contributed by atoms with van der Waals surface area (Å²) < 4.78 is 5.39. The molecule has 0 aliphatic carbocycles. The standard InChI is InChI=1S/C13H23N3O/c1-4-12-6-5-10(2)16(12)9-13-7-11(8-14-3)15-17-13/h7,10,12,14H,4-6,8-9H2,1-3H3. The highest BCUT2D eigenvalue weighted by Gasteiger charge is 2.29. The Morgan fingerprint density at radius 1 is 1.53 bits per heavy atom. The van der Waals surface area contributed by atoms with E-state index >= 15 is 0 Å². The first kappa shape index (κ1) is 12.6. The van der Waals surface area contributed by atoms with Crippen molar-refractivity contribution in [3.05, 3.63) is 17.5 Å². The van der Waals surface area contributed by atoms with Gasteiger partial charge in [-0.25, -0.2) is 0 Å². The molecule has 1 aromatic rings. The Balaban J connectivity index is 1.98. The number of likely N-dealkylation sites (tertiary alicyclic amines) is 1. The summed E-state index contributed by atoms with van der Waals surface area (Å²) >= 11 is 0. The topological polar surface area (TPSA) is 41.3 Å². The summed E-state index contributed by atoms with van der Waals surface area (Å²) in [6, 6.07) is 3.44. The third-order valence-electron chi connectivity index (χ3n) is 3.73. The lowest BCUT2D eigenvalue weighted by atomic mass is 10.1. The smallest absolute Gasteiger partial charge is 0.151 e. The molecule has 2 heterocycles. The van der Waals surface area contributed by atoms with Gasteiger partial charge in [0.05, 0.1) is 12.2 Å². The lowest BCUT2D eigenvalue weighted by Crippen LogP contribution is -2.33. The molecule has 17 heavy (non-hydrogen) atoms. The van der Waals surface area contributed by atoms with Crippen molar-refractivity contribution >= 4 is 0 Å². The van der Waals surface area contributed by atoms with Gasteiger partial charge in [0.25, 0.3) is 0 Å². The molecule has 1 fully saturated rings. The van der Waals surface area contributed by atoms with Crippen molar-refractivity contribution in [1.29, 1.82) is 0 Å². The van der Waals surface area contributed by atoms with Crippen LogP contribution in [0.1, 0.15) is 44.6 Å². The zero-order valence-corrected chi connectivity index (χ0v) is 11.1. The van der Waals surface area contributed by atoms with Gasteiger partial charge in [-0.1, -0.05) is 12.1 Å². The molecule has 0 saturated carbocycles. The van der Waals surface area contributed by atoms with Gasteiger partial charge in [-0.3, -0.25) is 4.90 Å². The van der Waals surface area contributed by atoms with Crippen LogP contribution in [0.25, 0.3) is 0 Å². The predicted molar refractivity (Wildman–Crippen MR) is 67.6 cm³/mol. The van der Waals surface area contributed by atoms with Gasteiger partial charge in [0, 0.05) is 24.7 Å². The van der Waals surface area contributed by atoms with Crippen LogP contribution in [0.5, 0.6) is 0 Å². The maximum absolute atomic E-state index is 5.39. The van der Waals surface area contributed by atoms with Crippen molar-refractivity contribution in [2.75, 3.05) is 7.05 Å². The highest BCUT2D eigenvalue weighted by Crippen LogP contribution is 2.27. The van der Waals surface area contributed by atoms with E-state index in [2.05, 4.69) is 35.3 Å². The summed E-state index contributed by atoms with van der Waals surface area (Å²) in [5.74, 6) is 0.988. The lowest BCUT2D eigenvalue weighted by molar-refractivity contribution is 0.168. The molecule has 0 aromatic carbocycles. The highest BCUT2D eigenvalue weighted by atomic mass is 16.5. The van der Waals surface area contributed by atoms with E-state index in [-0.39, 0.29) is 0 Å². The minimum Gasteiger partial charge on any atom is -0.360 e. The molecule has 0 radical (unpaired) electrons. The van der Waals surface area contributed by atoms with Crippen molar-refractivity contribution in [2.45, 2.75) is 58.3 Å². The van der Waals surface area contributed by atoms with Crippen LogP contribution in [0.4, 0.5) is 0 Å². The first-order chi connectivity index (χ1) is 8.24. The fourth-order valence-corrected chi connectivity index (χ4v) is 2.72. The van der Waals surface area contributed by atoms with Crippen LogP contribution in [0, 0.1) is 0 Å². The van der Waals surface area contributed by atoms with E-state index in [1.54, 1.807) is 0 Å². The second-order valence-electron chi connectivity index (χ2n) is 4.98. The van der Waals surface area contributed by atoms with Crippen LogP contribution in [0.2, 0.25) is 0 Å². The van der Waals surface area contributed by atoms with Gasteiger partial charge in [-0.2, -0.15) is 0 Å². The van der Waals surface area contributed by atoms with Gasteiger partial charge < -0.3 is 9.84 Å². The summed E-state index contributed by atoms with van der Waals surface area (Å²) in [5, 5.41) is 7.14. The molecule has 4 heteroatoms. The molecule has 1 aromatic heterocycles. The molecule has 0 amide bonds. The van der Waals surface area contributed by atoms with Crippen LogP contribution >= 0.6 is 0 Å². The van der Waals surface area contributed by atoms with Crippen LogP contribution < -0.4 is 5.32 Å². The molecule has 96 valence electrons.